The second-order valence-electron chi connectivity index (χ2n) is 5.35. The number of halogens is 17. The van der Waals surface area contributed by atoms with Crippen LogP contribution in [-0.4, -0.2) is 105 Å². The van der Waals surface area contributed by atoms with Crippen molar-refractivity contribution in [1.29, 1.82) is 0 Å². The molecule has 0 atom stereocenters. The van der Waals surface area contributed by atoms with Gasteiger partial charge in [-0.05, 0) is 0 Å². The Hall–Kier alpha value is 0.556. The standard InChI is InChI=1S/C8F17.K.H3O4P/c9-1(10)2(11,12)3(13,14)4(15,16)5(17,18)6(19,20)7(21,22)8(23,24)25;;1-5(2,3)4/h;;(H3,1,2,3,4). The maximum atomic E-state index is 12.9. The Kier molecular flexibility index (Phi) is 9.76. The summed E-state index contributed by atoms with van der Waals surface area (Å²) < 4.78 is 216. The summed E-state index contributed by atoms with van der Waals surface area (Å²) >= 11 is -2.86. The van der Waals surface area contributed by atoms with Gasteiger partial charge in [-0.25, -0.2) is 4.57 Å². The molecule has 23 heteroatoms. The number of alkyl halides is 17. The van der Waals surface area contributed by atoms with Crippen LogP contribution in [0.3, 0.4) is 0 Å². The molecule has 0 amide bonds. The quantitative estimate of drug-likeness (QED) is 0.261. The Morgan fingerprint density at radius 3 is 0.774 bits per heavy atom. The summed E-state index contributed by atoms with van der Waals surface area (Å²) in [4.78, 5) is 21.6. The smallest absolute Gasteiger partial charge is 0.303 e. The molecule has 184 valence electrons. The Morgan fingerprint density at radius 1 is 0.452 bits per heavy atom. The third-order valence-corrected chi connectivity index (χ3v) is 3.86. The van der Waals surface area contributed by atoms with Crippen molar-refractivity contribution in [2.75, 3.05) is 0 Å². The third kappa shape index (κ3) is 6.17. The number of hydrogen-bond acceptors (Lipinski definition) is 1. The summed E-state index contributed by atoms with van der Waals surface area (Å²) in [5, 5.41) is 0. The first kappa shape index (κ1) is 33.7. The predicted octanol–water partition coefficient (Wildman–Crippen LogP) is 4.19. The Balaban J connectivity index is 0. The summed E-state index contributed by atoms with van der Waals surface area (Å²) in [5.74, 6) is -49.2. The predicted molar refractivity (Wildman–Crippen MR) is 60.7 cm³/mol. The summed E-state index contributed by atoms with van der Waals surface area (Å²) in [6, 6.07) is 0. The van der Waals surface area contributed by atoms with Crippen LogP contribution in [0, 0.1) is 0 Å². The first-order valence-corrected chi connectivity index (χ1v) is 9.37. The van der Waals surface area contributed by atoms with Gasteiger partial charge in [0.2, 0.25) is 0 Å². The maximum Gasteiger partial charge on any atom is 0.466 e. The largest absolute Gasteiger partial charge is 0.466 e. The minimum atomic E-state index is -8.54. The molecular weight excluding hydrogens is 553 g/mol. The molecule has 0 bridgehead atoms. The maximum absolute atomic E-state index is 12.9. The van der Waals surface area contributed by atoms with Gasteiger partial charge in [-0.1, -0.05) is 0 Å². The zero-order chi connectivity index (χ0) is 26.5. The van der Waals surface area contributed by atoms with E-state index < -0.39 is 98.5 Å². The van der Waals surface area contributed by atoms with Crippen LogP contribution in [0.1, 0.15) is 0 Å². The van der Waals surface area contributed by atoms with E-state index in [1.807, 2.05) is 0 Å². The zero-order valence-electron chi connectivity index (χ0n) is 13.6. The van der Waals surface area contributed by atoms with Crippen LogP contribution < -0.4 is 0 Å². The molecular formula is C8H3F17KO4P. The van der Waals surface area contributed by atoms with E-state index in [0.29, 0.717) is 0 Å². The van der Waals surface area contributed by atoms with Gasteiger partial charge in [0.25, 0.3) is 0 Å². The van der Waals surface area contributed by atoms with Gasteiger partial charge < -0.3 is 14.7 Å². The third-order valence-electron chi connectivity index (χ3n) is 2.88. The molecule has 0 radical (unpaired) electrons. The van der Waals surface area contributed by atoms with Crippen molar-refractivity contribution in [3.05, 3.63) is 0 Å². The van der Waals surface area contributed by atoms with Crippen LogP contribution >= 0.6 is 7.82 Å². The van der Waals surface area contributed by atoms with E-state index in [1.165, 1.54) is 0 Å². The molecule has 0 spiro atoms. The van der Waals surface area contributed by atoms with Crippen LogP contribution in [0.2, 0.25) is 0 Å². The zero-order valence-corrected chi connectivity index (χ0v) is 17.6. The topological polar surface area (TPSA) is 77.8 Å². The molecule has 0 saturated carbocycles. The molecule has 0 saturated heterocycles. The van der Waals surface area contributed by atoms with Gasteiger partial charge >= 0.3 is 173 Å². The first-order chi connectivity index (χ1) is 12.8. The summed E-state index contributed by atoms with van der Waals surface area (Å²) in [6.45, 7) is 0. The van der Waals surface area contributed by atoms with E-state index in [9.17, 15) is 74.6 Å². The van der Waals surface area contributed by atoms with Crippen molar-refractivity contribution in [3.63, 3.8) is 0 Å². The molecule has 0 aromatic carbocycles. The van der Waals surface area contributed by atoms with Crippen molar-refractivity contribution in [2.45, 2.75) is 41.7 Å². The van der Waals surface area contributed by atoms with E-state index >= 15 is 0 Å². The van der Waals surface area contributed by atoms with Crippen molar-refractivity contribution in [2.24, 2.45) is 0 Å². The Morgan fingerprint density at radius 2 is 0.613 bits per heavy atom. The molecule has 0 aromatic rings. The Labute approximate surface area is 191 Å². The van der Waals surface area contributed by atoms with Gasteiger partial charge in [-0.15, -0.1) is 0 Å². The Bertz CT molecular complexity index is 620. The molecule has 3 N–H and O–H groups in total. The van der Waals surface area contributed by atoms with Crippen LogP contribution in [-0.2, 0) is 4.57 Å². The summed E-state index contributed by atoms with van der Waals surface area (Å²) in [6.07, 6.45) is -7.72. The average molecular weight is 556 g/mol. The van der Waals surface area contributed by atoms with Crippen molar-refractivity contribution in [3.8, 4) is 0 Å². The summed E-state index contributed by atoms with van der Waals surface area (Å²) in [7, 11) is -4.64. The fraction of sp³-hybridized carbons (Fsp3) is 1.00. The van der Waals surface area contributed by atoms with Gasteiger partial charge in [-0.2, -0.15) is 0 Å². The fourth-order valence-corrected chi connectivity index (χ4v) is 1.73. The van der Waals surface area contributed by atoms with E-state index in [0.717, 1.165) is 0 Å². The van der Waals surface area contributed by atoms with E-state index in [2.05, 4.69) is 0 Å². The second-order valence-corrected chi connectivity index (χ2v) is 8.33. The number of phosphoric acid groups is 1. The van der Waals surface area contributed by atoms with Gasteiger partial charge in [0, 0.05) is 0 Å². The SMILES string of the molecule is FC(F)(F)C(F)(F)C(F)(F)C(F)(F)C(F)(F)C(F)(F)C(F)(F)[C](F)(F)[K].O=P(O)(O)O. The van der Waals surface area contributed by atoms with E-state index in [4.69, 9.17) is 19.2 Å². The fourth-order valence-electron chi connectivity index (χ4n) is 1.24. The summed E-state index contributed by atoms with van der Waals surface area (Å²) in [5.41, 5.74) is 0. The molecule has 4 nitrogen and oxygen atoms in total. The van der Waals surface area contributed by atoms with Crippen LogP contribution in [0.4, 0.5) is 74.6 Å². The molecule has 0 aliphatic carbocycles. The second kappa shape index (κ2) is 8.97. The van der Waals surface area contributed by atoms with Gasteiger partial charge in [-0.3, -0.25) is 0 Å². The number of hydrogen-bond donors (Lipinski definition) is 3. The monoisotopic (exact) mass is 556 g/mol. The van der Waals surface area contributed by atoms with Gasteiger partial charge in [0.1, 0.15) is 0 Å². The first-order valence-electron chi connectivity index (χ1n) is 6.25. The van der Waals surface area contributed by atoms with Gasteiger partial charge in [0.05, 0.1) is 0 Å². The minimum absolute atomic E-state index is 2.86. The minimum Gasteiger partial charge on any atom is -0.303 e. The average Bonchev–Trinajstić information content (AvgIpc) is 2.41. The van der Waals surface area contributed by atoms with Crippen molar-refractivity contribution < 1.29 is 93.9 Å². The van der Waals surface area contributed by atoms with Crippen LogP contribution in [0.15, 0.2) is 0 Å². The van der Waals surface area contributed by atoms with Crippen molar-refractivity contribution in [1.82, 2.24) is 0 Å². The normalized spacial score (nSPS) is 16.1. The van der Waals surface area contributed by atoms with E-state index in [1.54, 1.807) is 0 Å². The van der Waals surface area contributed by atoms with Crippen LogP contribution in [0.25, 0.3) is 0 Å². The molecule has 31 heavy (non-hydrogen) atoms. The van der Waals surface area contributed by atoms with Gasteiger partial charge in [0.15, 0.2) is 0 Å². The van der Waals surface area contributed by atoms with Crippen molar-refractivity contribution >= 4 is 56.8 Å². The van der Waals surface area contributed by atoms with Crippen LogP contribution in [0.5, 0.6) is 0 Å². The molecule has 0 unspecified atom stereocenters. The molecule has 0 aromatic heterocycles. The molecule has 0 heterocycles. The molecule has 0 aliphatic rings. The molecule has 0 aliphatic heterocycles. The molecule has 0 rings (SSSR count). The van der Waals surface area contributed by atoms with E-state index in [-0.39, 0.29) is 0 Å². The molecule has 0 fully saturated rings. The number of rotatable bonds is 6.